The van der Waals surface area contributed by atoms with E-state index in [1.165, 1.54) is 47.1 Å². The van der Waals surface area contributed by atoms with Crippen LogP contribution < -0.4 is 0 Å². The zero-order valence-corrected chi connectivity index (χ0v) is 27.1. The van der Waals surface area contributed by atoms with Gasteiger partial charge in [-0.15, -0.1) is 29.3 Å². The number of aromatic nitrogens is 3. The van der Waals surface area contributed by atoms with E-state index in [1.54, 1.807) is 6.20 Å². The first-order valence-electron chi connectivity index (χ1n) is 13.2. The molecule has 0 unspecified atom stereocenters. The molecule has 0 saturated carbocycles. The number of aryl methyl sites for hydroxylation is 3. The summed E-state index contributed by atoms with van der Waals surface area (Å²) in [5.74, 6) is 0. The van der Waals surface area contributed by atoms with Crippen LogP contribution in [0.2, 0.25) is 0 Å². The van der Waals surface area contributed by atoms with Crippen LogP contribution >= 0.6 is 0 Å². The van der Waals surface area contributed by atoms with E-state index in [0.717, 1.165) is 22.5 Å². The molecular weight excluding hydrogens is 746 g/mol. The molecule has 0 saturated heterocycles. The van der Waals surface area contributed by atoms with E-state index in [2.05, 4.69) is 121 Å². The summed E-state index contributed by atoms with van der Waals surface area (Å²) in [6.45, 7) is 6.32. The van der Waals surface area contributed by atoms with Crippen LogP contribution in [0, 0.1) is 33.0 Å². The summed E-state index contributed by atoms with van der Waals surface area (Å²) in [5, 5.41) is 2.67. The van der Waals surface area contributed by atoms with Gasteiger partial charge in [-0.3, -0.25) is 0 Å². The Labute approximate surface area is 260 Å². The fourth-order valence-corrected chi connectivity index (χ4v) is 6.87. The molecular formula is C36H27IrN3Se-2. The molecule has 1 radical (unpaired) electrons. The van der Waals surface area contributed by atoms with Gasteiger partial charge < -0.3 is 4.98 Å². The molecule has 7 aromatic rings. The van der Waals surface area contributed by atoms with Gasteiger partial charge in [0.1, 0.15) is 0 Å². The Bertz CT molecular complexity index is 1930. The quantitative estimate of drug-likeness (QED) is 0.134. The van der Waals surface area contributed by atoms with Gasteiger partial charge in [-0.05, 0) is 30.7 Å². The number of nitrogens with zero attached hydrogens (tertiary/aromatic N) is 3. The monoisotopic (exact) mass is 774 g/mol. The Morgan fingerprint density at radius 3 is 2.17 bits per heavy atom. The molecule has 4 heterocycles. The summed E-state index contributed by atoms with van der Waals surface area (Å²) in [6, 6.07) is 34.9. The van der Waals surface area contributed by atoms with E-state index in [4.69, 9.17) is 0 Å². The van der Waals surface area contributed by atoms with E-state index in [-0.39, 0.29) is 20.1 Å². The van der Waals surface area contributed by atoms with E-state index >= 15 is 0 Å². The number of rotatable bonds is 3. The molecule has 0 aliphatic carbocycles. The molecule has 0 N–H and O–H groups in total. The van der Waals surface area contributed by atoms with Crippen LogP contribution in [0.25, 0.3) is 52.9 Å². The van der Waals surface area contributed by atoms with Crippen LogP contribution in [0.5, 0.6) is 0 Å². The van der Waals surface area contributed by atoms with Crippen LogP contribution in [0.4, 0.5) is 0 Å². The number of hydrogen-bond acceptors (Lipinski definition) is 3. The normalized spacial score (nSPS) is 10.6. The van der Waals surface area contributed by atoms with E-state index in [1.807, 2.05) is 30.6 Å². The van der Waals surface area contributed by atoms with Crippen molar-refractivity contribution in [1.29, 1.82) is 0 Å². The van der Waals surface area contributed by atoms with Gasteiger partial charge in [-0.1, -0.05) is 54.4 Å². The van der Waals surface area contributed by atoms with Crippen molar-refractivity contribution in [3.8, 4) is 33.6 Å². The molecule has 3 nitrogen and oxygen atoms in total. The van der Waals surface area contributed by atoms with Crippen molar-refractivity contribution in [2.45, 2.75) is 20.8 Å². The first-order chi connectivity index (χ1) is 19.6. The standard InChI is InChI=1S/C20H18N.C16H9N2Se.Ir/c1-14-9-10-18(20-11-15(2)16(3)13-21-20)12-19(14)17-7-5-4-6-8-17;1-2-6-15-12(5-1)13-8-14(18-10-16(13)19-15)11-4-3-7-17-9-11;/h4-9,11-13H,1-3H3;1-8,10H;/q2*-1;. The van der Waals surface area contributed by atoms with Gasteiger partial charge in [0, 0.05) is 26.3 Å². The fraction of sp³-hybridized carbons (Fsp3) is 0.0833. The summed E-state index contributed by atoms with van der Waals surface area (Å²) in [5.41, 5.74) is 10.1. The van der Waals surface area contributed by atoms with Gasteiger partial charge >= 0.3 is 116 Å². The molecule has 0 spiro atoms. The first kappa shape index (κ1) is 28.8. The zero-order chi connectivity index (χ0) is 27.5. The van der Waals surface area contributed by atoms with Crippen LogP contribution in [0.3, 0.4) is 0 Å². The van der Waals surface area contributed by atoms with Gasteiger partial charge in [0.2, 0.25) is 0 Å². The Hall–Kier alpha value is -3.72. The second kappa shape index (κ2) is 12.8. The molecule has 203 valence electrons. The summed E-state index contributed by atoms with van der Waals surface area (Å²) < 4.78 is 2.81. The first-order valence-corrected chi connectivity index (χ1v) is 14.9. The van der Waals surface area contributed by atoms with Crippen molar-refractivity contribution in [2.75, 3.05) is 0 Å². The number of fused-ring (bicyclic) bond motifs is 3. The molecule has 0 atom stereocenters. The Kier molecular flexibility index (Phi) is 9.02. The average molecular weight is 773 g/mol. The topological polar surface area (TPSA) is 38.7 Å². The maximum absolute atomic E-state index is 4.55. The minimum atomic E-state index is 0. The average Bonchev–Trinajstić information content (AvgIpc) is 3.38. The van der Waals surface area contributed by atoms with Crippen molar-refractivity contribution < 1.29 is 20.1 Å². The third-order valence-electron chi connectivity index (χ3n) is 7.04. The SMILES string of the molecule is Cc1cnc(-c2[c-]cc(C)c(-c3ccccc3)c2)cc1C.[Ir].[c-]1ncccc1-c1cc2c(cn1)[se]c1ccccc12. The van der Waals surface area contributed by atoms with Crippen molar-refractivity contribution in [3.05, 3.63) is 139 Å². The van der Waals surface area contributed by atoms with Crippen molar-refractivity contribution >= 4 is 33.8 Å². The van der Waals surface area contributed by atoms with Crippen molar-refractivity contribution in [3.63, 3.8) is 0 Å². The molecule has 0 bridgehead atoms. The molecule has 41 heavy (non-hydrogen) atoms. The summed E-state index contributed by atoms with van der Waals surface area (Å²) >= 11 is 0.385. The number of hydrogen-bond donors (Lipinski definition) is 0. The molecule has 0 aliphatic rings. The predicted octanol–water partition coefficient (Wildman–Crippen LogP) is 8.45. The molecule has 4 aromatic heterocycles. The van der Waals surface area contributed by atoms with Gasteiger partial charge in [-0.2, -0.15) is 0 Å². The second-order valence-electron chi connectivity index (χ2n) is 9.79. The third-order valence-corrected chi connectivity index (χ3v) is 9.39. The van der Waals surface area contributed by atoms with Crippen LogP contribution in [-0.4, -0.2) is 29.5 Å². The predicted molar refractivity (Wildman–Crippen MR) is 166 cm³/mol. The third kappa shape index (κ3) is 6.30. The van der Waals surface area contributed by atoms with Gasteiger partial charge in [0.15, 0.2) is 0 Å². The molecule has 7 rings (SSSR count). The Morgan fingerprint density at radius 1 is 0.634 bits per heavy atom. The maximum atomic E-state index is 4.55. The molecule has 0 aliphatic heterocycles. The van der Waals surface area contributed by atoms with E-state index in [0.29, 0.717) is 14.5 Å². The van der Waals surface area contributed by atoms with E-state index in [9.17, 15) is 0 Å². The van der Waals surface area contributed by atoms with E-state index < -0.39 is 0 Å². The van der Waals surface area contributed by atoms with Gasteiger partial charge in [0.25, 0.3) is 0 Å². The number of benzene rings is 3. The zero-order valence-electron chi connectivity index (χ0n) is 23.0. The second-order valence-corrected chi connectivity index (χ2v) is 12.1. The van der Waals surface area contributed by atoms with Crippen molar-refractivity contribution in [2.24, 2.45) is 0 Å². The summed E-state index contributed by atoms with van der Waals surface area (Å²) in [4.78, 5) is 13.1. The number of pyridine rings is 3. The molecule has 0 amide bonds. The van der Waals surface area contributed by atoms with Crippen LogP contribution in [0.1, 0.15) is 16.7 Å². The molecule has 5 heteroatoms. The fourth-order valence-electron chi connectivity index (χ4n) is 4.66. The summed E-state index contributed by atoms with van der Waals surface area (Å²) in [7, 11) is 0. The Morgan fingerprint density at radius 2 is 1.39 bits per heavy atom. The minimum absolute atomic E-state index is 0. The molecule has 3 aromatic carbocycles. The van der Waals surface area contributed by atoms with Gasteiger partial charge in [-0.25, -0.2) is 0 Å². The molecule has 0 fully saturated rings. The van der Waals surface area contributed by atoms with Crippen LogP contribution in [0.15, 0.2) is 110 Å². The van der Waals surface area contributed by atoms with Crippen LogP contribution in [-0.2, 0) is 20.1 Å². The summed E-state index contributed by atoms with van der Waals surface area (Å²) in [6.07, 6.45) is 8.66. The van der Waals surface area contributed by atoms with Gasteiger partial charge in [0.05, 0.1) is 0 Å². The van der Waals surface area contributed by atoms with Crippen molar-refractivity contribution in [1.82, 2.24) is 15.0 Å². The Balaban J connectivity index is 0.000000161.